The van der Waals surface area contributed by atoms with Crippen molar-refractivity contribution < 1.29 is 13.2 Å². The number of hydrogen-bond acceptors (Lipinski definition) is 4. The van der Waals surface area contributed by atoms with E-state index in [1.165, 1.54) is 11.6 Å². The van der Waals surface area contributed by atoms with Gasteiger partial charge in [-0.25, -0.2) is 9.71 Å². The first-order valence-electron chi connectivity index (χ1n) is 4.11. The molecule has 0 unspecified atom stereocenters. The Bertz CT molecular complexity index is 480. The Hall–Kier alpha value is -1.08. The van der Waals surface area contributed by atoms with Crippen LogP contribution in [0.3, 0.4) is 0 Å². The zero-order chi connectivity index (χ0) is 11.6. The molecule has 0 fully saturated rings. The van der Waals surface area contributed by atoms with E-state index in [2.05, 4.69) is 4.98 Å². The lowest BCUT2D eigenvalue weighted by atomic mass is 10.5. The van der Waals surface area contributed by atoms with E-state index in [1.54, 1.807) is 6.92 Å². The number of carbonyl (C=O) groups excluding carboxylic acids is 1. The number of amides is 1. The van der Waals surface area contributed by atoms with Crippen LogP contribution in [-0.2, 0) is 21.9 Å². The molecule has 84 valence electrons. The summed E-state index contributed by atoms with van der Waals surface area (Å²) in [4.78, 5) is 14.6. The minimum atomic E-state index is -3.86. The molecular formula is C7H10ClN3O3S. The summed E-state index contributed by atoms with van der Waals surface area (Å²) in [6.07, 6.45) is 1.18. The molecule has 0 aliphatic heterocycles. The Balaban J connectivity index is 3.07. The predicted molar refractivity (Wildman–Crippen MR) is 53.8 cm³/mol. The fourth-order valence-corrected chi connectivity index (χ4v) is 2.27. The van der Waals surface area contributed by atoms with E-state index in [-0.39, 0.29) is 16.7 Å². The van der Waals surface area contributed by atoms with E-state index < -0.39 is 15.9 Å². The van der Waals surface area contributed by atoms with Gasteiger partial charge in [-0.2, -0.15) is 8.42 Å². The number of carbonyl (C=O) groups is 1. The third kappa shape index (κ3) is 2.48. The van der Waals surface area contributed by atoms with Gasteiger partial charge in [0.25, 0.3) is 10.0 Å². The lowest BCUT2D eigenvalue weighted by molar-refractivity contribution is -0.119. The second-order valence-corrected chi connectivity index (χ2v) is 4.77. The molecule has 0 atom stereocenters. The molecule has 6 nitrogen and oxygen atoms in total. The third-order valence-corrected chi connectivity index (χ3v) is 3.51. The first-order chi connectivity index (χ1) is 6.88. The van der Waals surface area contributed by atoms with Crippen LogP contribution in [0.15, 0.2) is 11.2 Å². The second-order valence-electron chi connectivity index (χ2n) is 2.81. The van der Waals surface area contributed by atoms with E-state index in [4.69, 9.17) is 11.6 Å². The van der Waals surface area contributed by atoms with Crippen LogP contribution in [0, 0.1) is 0 Å². The van der Waals surface area contributed by atoms with Crippen molar-refractivity contribution in [1.29, 1.82) is 0 Å². The van der Waals surface area contributed by atoms with Gasteiger partial charge in [-0.15, -0.1) is 0 Å². The molecule has 1 aromatic heterocycles. The number of imidazole rings is 1. The number of nitrogens with one attached hydrogen (secondary N) is 1. The van der Waals surface area contributed by atoms with Crippen molar-refractivity contribution in [3.8, 4) is 0 Å². The first kappa shape index (κ1) is 12.0. The van der Waals surface area contributed by atoms with Crippen LogP contribution < -0.4 is 4.72 Å². The van der Waals surface area contributed by atoms with E-state index >= 15 is 0 Å². The highest BCUT2D eigenvalue weighted by atomic mass is 35.5. The van der Waals surface area contributed by atoms with Crippen LogP contribution in [0.4, 0.5) is 0 Å². The molecule has 1 aromatic rings. The van der Waals surface area contributed by atoms with Crippen LogP contribution in [0.5, 0.6) is 0 Å². The average Bonchev–Trinajstić information content (AvgIpc) is 2.47. The summed E-state index contributed by atoms with van der Waals surface area (Å²) in [5.41, 5.74) is 0. The Morgan fingerprint density at radius 2 is 2.27 bits per heavy atom. The number of rotatable bonds is 3. The SMILES string of the molecule is CCC(=O)NS(=O)(=O)c1cnc(Cl)n1C. The van der Waals surface area contributed by atoms with Crippen molar-refractivity contribution in [2.75, 3.05) is 0 Å². The predicted octanol–water partition coefficient (Wildman–Crippen LogP) is 0.288. The van der Waals surface area contributed by atoms with Crippen molar-refractivity contribution in [3.63, 3.8) is 0 Å². The van der Waals surface area contributed by atoms with Gasteiger partial charge in [-0.05, 0) is 11.6 Å². The monoisotopic (exact) mass is 251 g/mol. The van der Waals surface area contributed by atoms with Gasteiger partial charge < -0.3 is 4.57 Å². The summed E-state index contributed by atoms with van der Waals surface area (Å²) < 4.78 is 26.2. The van der Waals surface area contributed by atoms with Gasteiger partial charge in [0.05, 0.1) is 6.20 Å². The molecule has 0 aliphatic carbocycles. The highest BCUT2D eigenvalue weighted by Gasteiger charge is 2.21. The number of nitrogens with zero attached hydrogens (tertiary/aromatic N) is 2. The largest absolute Gasteiger partial charge is 0.307 e. The van der Waals surface area contributed by atoms with Crippen molar-refractivity contribution in [3.05, 3.63) is 11.5 Å². The van der Waals surface area contributed by atoms with Crippen molar-refractivity contribution in [2.24, 2.45) is 7.05 Å². The topological polar surface area (TPSA) is 81.1 Å². The van der Waals surface area contributed by atoms with E-state index in [0.717, 1.165) is 6.20 Å². The molecule has 0 bridgehead atoms. The zero-order valence-electron chi connectivity index (χ0n) is 8.19. The summed E-state index contributed by atoms with van der Waals surface area (Å²) in [7, 11) is -2.42. The lowest BCUT2D eigenvalue weighted by Crippen LogP contribution is -2.31. The molecule has 0 aromatic carbocycles. The van der Waals surface area contributed by atoms with Crippen LogP contribution in [-0.4, -0.2) is 23.9 Å². The summed E-state index contributed by atoms with van der Waals surface area (Å²) in [5, 5.41) is -0.103. The Labute approximate surface area is 92.3 Å². The van der Waals surface area contributed by atoms with Gasteiger partial charge in [0.2, 0.25) is 11.2 Å². The van der Waals surface area contributed by atoms with Crippen LogP contribution in [0.25, 0.3) is 0 Å². The van der Waals surface area contributed by atoms with Crippen LogP contribution >= 0.6 is 11.6 Å². The summed E-state index contributed by atoms with van der Waals surface area (Å²) in [6.45, 7) is 1.56. The molecule has 8 heteroatoms. The summed E-state index contributed by atoms with van der Waals surface area (Å²) in [6, 6.07) is 0. The molecule has 0 saturated carbocycles. The Morgan fingerprint density at radius 3 is 2.67 bits per heavy atom. The fourth-order valence-electron chi connectivity index (χ4n) is 0.897. The maximum atomic E-state index is 11.6. The number of halogens is 1. The maximum Gasteiger partial charge on any atom is 0.281 e. The smallest absolute Gasteiger partial charge is 0.281 e. The zero-order valence-corrected chi connectivity index (χ0v) is 9.76. The maximum absolute atomic E-state index is 11.6. The first-order valence-corrected chi connectivity index (χ1v) is 5.97. The summed E-state index contributed by atoms with van der Waals surface area (Å²) >= 11 is 5.58. The van der Waals surface area contributed by atoms with Crippen molar-refractivity contribution >= 4 is 27.5 Å². The Kier molecular flexibility index (Phi) is 3.35. The minimum absolute atomic E-state index is 0.0410. The standard InChI is InChI=1S/C7H10ClN3O3S/c1-3-5(12)10-15(13,14)6-4-9-7(8)11(6)2/h4H,3H2,1-2H3,(H,10,12). The van der Waals surface area contributed by atoms with Gasteiger partial charge in [-0.1, -0.05) is 6.92 Å². The van der Waals surface area contributed by atoms with Gasteiger partial charge in [0.1, 0.15) is 0 Å². The molecule has 15 heavy (non-hydrogen) atoms. The molecule has 1 N–H and O–H groups in total. The third-order valence-electron chi connectivity index (χ3n) is 1.73. The fraction of sp³-hybridized carbons (Fsp3) is 0.429. The highest BCUT2D eigenvalue weighted by molar-refractivity contribution is 7.90. The van der Waals surface area contributed by atoms with Gasteiger partial charge in [-0.3, -0.25) is 4.79 Å². The van der Waals surface area contributed by atoms with Crippen LogP contribution in [0.1, 0.15) is 13.3 Å². The van der Waals surface area contributed by atoms with Gasteiger partial charge in [0.15, 0.2) is 5.03 Å². The number of sulfonamides is 1. The molecule has 0 radical (unpaired) electrons. The normalized spacial score (nSPS) is 11.4. The quantitative estimate of drug-likeness (QED) is 0.837. The van der Waals surface area contributed by atoms with Crippen LogP contribution in [0.2, 0.25) is 5.28 Å². The summed E-state index contributed by atoms with van der Waals surface area (Å²) in [5.74, 6) is -0.577. The number of aromatic nitrogens is 2. The molecule has 1 heterocycles. The molecule has 0 saturated heterocycles. The van der Waals surface area contributed by atoms with Crippen molar-refractivity contribution in [1.82, 2.24) is 14.3 Å². The minimum Gasteiger partial charge on any atom is -0.307 e. The molecule has 0 spiro atoms. The number of hydrogen-bond donors (Lipinski definition) is 1. The van der Waals surface area contributed by atoms with E-state index in [0.29, 0.717) is 0 Å². The average molecular weight is 252 g/mol. The van der Waals surface area contributed by atoms with Crippen molar-refractivity contribution in [2.45, 2.75) is 18.4 Å². The van der Waals surface area contributed by atoms with Gasteiger partial charge in [0, 0.05) is 13.5 Å². The molecular weight excluding hydrogens is 242 g/mol. The molecule has 1 rings (SSSR count). The second kappa shape index (κ2) is 4.19. The van der Waals surface area contributed by atoms with Gasteiger partial charge >= 0.3 is 0 Å². The molecule has 1 amide bonds. The lowest BCUT2D eigenvalue weighted by Gasteiger charge is -2.05. The Morgan fingerprint density at radius 1 is 1.67 bits per heavy atom. The van der Waals surface area contributed by atoms with E-state index in [9.17, 15) is 13.2 Å². The highest BCUT2D eigenvalue weighted by Crippen LogP contribution is 2.13. The molecule has 0 aliphatic rings. The van der Waals surface area contributed by atoms with E-state index in [1.807, 2.05) is 4.72 Å².